The first-order valence-electron chi connectivity index (χ1n) is 5.81. The molecule has 3 heteroatoms. The third-order valence-corrected chi connectivity index (χ3v) is 3.01. The van der Waals surface area contributed by atoms with Gasteiger partial charge in [-0.1, -0.05) is 26.0 Å². The van der Waals surface area contributed by atoms with E-state index in [0.717, 1.165) is 5.56 Å². The van der Waals surface area contributed by atoms with Gasteiger partial charge >= 0.3 is 0 Å². The average molecular weight is 232 g/mol. The second-order valence-corrected chi connectivity index (χ2v) is 4.58. The quantitative estimate of drug-likeness (QED) is 0.763. The first kappa shape index (κ1) is 11.8. The van der Waals surface area contributed by atoms with Crippen molar-refractivity contribution in [2.24, 2.45) is 10.9 Å². The Morgan fingerprint density at radius 1 is 1.24 bits per heavy atom. The molecule has 1 aromatic rings. The normalized spacial score (nSPS) is 19.7. The molecule has 17 heavy (non-hydrogen) atoms. The second-order valence-electron chi connectivity index (χ2n) is 4.58. The maximum Gasteiger partial charge on any atom is 0.146 e. The minimum absolute atomic E-state index is 0.0435. The van der Waals surface area contributed by atoms with E-state index >= 15 is 0 Å². The molecule has 90 valence electrons. The monoisotopic (exact) mass is 232 g/mol. The van der Waals surface area contributed by atoms with Gasteiger partial charge in [0, 0.05) is 19.0 Å². The highest BCUT2D eigenvalue weighted by atomic mass is 19.1. The Morgan fingerprint density at radius 2 is 1.88 bits per heavy atom. The lowest BCUT2D eigenvalue weighted by atomic mass is 10.0. The number of benzene rings is 1. The van der Waals surface area contributed by atoms with Crippen molar-refractivity contribution in [1.29, 1.82) is 0 Å². The van der Waals surface area contributed by atoms with Gasteiger partial charge in [0.2, 0.25) is 0 Å². The number of allylic oxidation sites excluding steroid dienone is 2. The molecular weight excluding hydrogens is 215 g/mol. The molecule has 0 saturated heterocycles. The molecule has 2 rings (SSSR count). The minimum atomic E-state index is -0.212. The summed E-state index contributed by atoms with van der Waals surface area (Å²) in [5.41, 5.74) is 2.26. The summed E-state index contributed by atoms with van der Waals surface area (Å²) in [4.78, 5) is 6.58. The van der Waals surface area contributed by atoms with Crippen LogP contribution in [0.4, 0.5) is 4.39 Å². The molecule has 0 fully saturated rings. The van der Waals surface area contributed by atoms with Crippen LogP contribution in [0.3, 0.4) is 0 Å². The maximum absolute atomic E-state index is 12.9. The zero-order valence-electron chi connectivity index (χ0n) is 10.4. The van der Waals surface area contributed by atoms with E-state index in [1.165, 1.54) is 17.8 Å². The summed E-state index contributed by atoms with van der Waals surface area (Å²) in [7, 11) is 2.02. The van der Waals surface area contributed by atoms with E-state index in [9.17, 15) is 4.39 Å². The van der Waals surface area contributed by atoms with Crippen LogP contribution in [0.1, 0.15) is 25.6 Å². The smallest absolute Gasteiger partial charge is 0.146 e. The maximum atomic E-state index is 12.9. The van der Waals surface area contributed by atoms with Gasteiger partial charge in [0.05, 0.1) is 0 Å². The molecule has 0 aliphatic carbocycles. The fourth-order valence-corrected chi connectivity index (χ4v) is 2.10. The standard InChI is InChI=1S/C14H17FN2/c1-10(2)13-8-9-16-14(17(13)3)11-4-6-12(15)7-5-11/h4-10,14H,1-3H3. The molecule has 0 N–H and O–H groups in total. The van der Waals surface area contributed by atoms with Crippen molar-refractivity contribution >= 4 is 6.21 Å². The number of nitrogens with zero attached hydrogens (tertiary/aromatic N) is 2. The molecule has 0 saturated carbocycles. The first-order valence-corrected chi connectivity index (χ1v) is 5.81. The van der Waals surface area contributed by atoms with Gasteiger partial charge in [0.1, 0.15) is 12.0 Å². The summed E-state index contributed by atoms with van der Waals surface area (Å²) in [5, 5.41) is 0. The van der Waals surface area contributed by atoms with Crippen molar-refractivity contribution in [3.05, 3.63) is 47.4 Å². The first-order chi connectivity index (χ1) is 8.09. The molecule has 1 atom stereocenters. The van der Waals surface area contributed by atoms with Crippen LogP contribution in [-0.2, 0) is 0 Å². The molecule has 2 nitrogen and oxygen atoms in total. The van der Waals surface area contributed by atoms with Gasteiger partial charge in [-0.15, -0.1) is 0 Å². The van der Waals surface area contributed by atoms with E-state index in [0.29, 0.717) is 5.92 Å². The van der Waals surface area contributed by atoms with Crippen LogP contribution in [0.5, 0.6) is 0 Å². The lowest BCUT2D eigenvalue weighted by Crippen LogP contribution is -2.27. The number of hydrogen-bond acceptors (Lipinski definition) is 2. The highest BCUT2D eigenvalue weighted by Gasteiger charge is 2.21. The van der Waals surface area contributed by atoms with E-state index < -0.39 is 0 Å². The molecule has 1 aromatic carbocycles. The summed E-state index contributed by atoms with van der Waals surface area (Å²) in [5.74, 6) is 0.241. The molecule has 1 aliphatic heterocycles. The lowest BCUT2D eigenvalue weighted by molar-refractivity contribution is 0.287. The number of aliphatic imine (C=N–C) groups is 1. The van der Waals surface area contributed by atoms with Crippen LogP contribution in [-0.4, -0.2) is 18.2 Å². The molecule has 1 unspecified atom stereocenters. The van der Waals surface area contributed by atoms with Crippen molar-refractivity contribution in [2.45, 2.75) is 20.0 Å². The number of rotatable bonds is 2. The van der Waals surface area contributed by atoms with Gasteiger partial charge in [-0.05, 0) is 29.7 Å². The van der Waals surface area contributed by atoms with E-state index in [2.05, 4.69) is 23.7 Å². The zero-order valence-corrected chi connectivity index (χ0v) is 10.4. The number of hydrogen-bond donors (Lipinski definition) is 0. The van der Waals surface area contributed by atoms with Crippen molar-refractivity contribution in [3.63, 3.8) is 0 Å². The Labute approximate surface area is 101 Å². The van der Waals surface area contributed by atoms with E-state index in [4.69, 9.17) is 0 Å². The highest BCUT2D eigenvalue weighted by molar-refractivity contribution is 5.73. The molecule has 1 aliphatic rings. The van der Waals surface area contributed by atoms with Crippen LogP contribution in [0.25, 0.3) is 0 Å². The summed E-state index contributed by atoms with van der Waals surface area (Å²) in [6.07, 6.45) is 3.83. The average Bonchev–Trinajstić information content (AvgIpc) is 2.30. The number of halogens is 1. The zero-order chi connectivity index (χ0) is 12.4. The largest absolute Gasteiger partial charge is 0.352 e. The second kappa shape index (κ2) is 4.70. The van der Waals surface area contributed by atoms with Gasteiger partial charge in [-0.2, -0.15) is 0 Å². The molecule has 0 aromatic heterocycles. The Balaban J connectivity index is 2.27. The fraction of sp³-hybridized carbons (Fsp3) is 0.357. The molecular formula is C14H17FN2. The van der Waals surface area contributed by atoms with Crippen molar-refractivity contribution in [2.75, 3.05) is 7.05 Å². The van der Waals surface area contributed by atoms with E-state index in [1.807, 2.05) is 19.3 Å². The third-order valence-electron chi connectivity index (χ3n) is 3.01. The highest BCUT2D eigenvalue weighted by Crippen LogP contribution is 2.29. The van der Waals surface area contributed by atoms with Gasteiger partial charge in [0.25, 0.3) is 0 Å². The third kappa shape index (κ3) is 2.38. The molecule has 0 bridgehead atoms. The van der Waals surface area contributed by atoms with Crippen LogP contribution in [0.2, 0.25) is 0 Å². The Morgan fingerprint density at radius 3 is 2.47 bits per heavy atom. The van der Waals surface area contributed by atoms with Gasteiger partial charge in [-0.3, -0.25) is 4.99 Å². The van der Waals surface area contributed by atoms with E-state index in [-0.39, 0.29) is 12.0 Å². The van der Waals surface area contributed by atoms with Crippen molar-refractivity contribution in [3.8, 4) is 0 Å². The SMILES string of the molecule is CC(C)C1=CC=NC(c2ccc(F)cc2)N1C. The van der Waals surface area contributed by atoms with Gasteiger partial charge in [0.15, 0.2) is 0 Å². The summed E-state index contributed by atoms with van der Waals surface area (Å²) < 4.78 is 12.9. The predicted molar refractivity (Wildman–Crippen MR) is 68.3 cm³/mol. The molecule has 1 heterocycles. The molecule has 0 radical (unpaired) electrons. The van der Waals surface area contributed by atoms with Crippen molar-refractivity contribution < 1.29 is 4.39 Å². The summed E-state index contributed by atoms with van der Waals surface area (Å²) >= 11 is 0. The summed E-state index contributed by atoms with van der Waals surface area (Å²) in [6, 6.07) is 6.53. The van der Waals surface area contributed by atoms with Gasteiger partial charge in [-0.25, -0.2) is 4.39 Å². The Bertz CT molecular complexity index is 446. The topological polar surface area (TPSA) is 15.6 Å². The van der Waals surface area contributed by atoms with Crippen LogP contribution in [0.15, 0.2) is 41.0 Å². The van der Waals surface area contributed by atoms with E-state index in [1.54, 1.807) is 12.1 Å². The molecule has 0 spiro atoms. The van der Waals surface area contributed by atoms with Crippen LogP contribution < -0.4 is 0 Å². The Kier molecular flexibility index (Phi) is 3.27. The fourth-order valence-electron chi connectivity index (χ4n) is 2.10. The lowest BCUT2D eigenvalue weighted by Gasteiger charge is -2.33. The van der Waals surface area contributed by atoms with Gasteiger partial charge < -0.3 is 4.90 Å². The van der Waals surface area contributed by atoms with Crippen molar-refractivity contribution in [1.82, 2.24) is 4.90 Å². The predicted octanol–water partition coefficient (Wildman–Crippen LogP) is 3.38. The summed E-state index contributed by atoms with van der Waals surface area (Å²) in [6.45, 7) is 4.31. The minimum Gasteiger partial charge on any atom is -0.352 e. The van der Waals surface area contributed by atoms with Crippen LogP contribution in [0, 0.1) is 11.7 Å². The Hall–Kier alpha value is -1.64. The van der Waals surface area contributed by atoms with Crippen LogP contribution >= 0.6 is 0 Å². The molecule has 0 amide bonds.